The maximum absolute atomic E-state index is 12.4. The summed E-state index contributed by atoms with van der Waals surface area (Å²) in [7, 11) is 0. The van der Waals surface area contributed by atoms with Crippen LogP contribution >= 0.6 is 0 Å². The average molecular weight is 339 g/mol. The number of fused-ring (bicyclic) bond motifs is 1. The molecular weight excluding hydrogens is 318 g/mol. The number of hydrogen-bond acceptors (Lipinski definition) is 4. The first-order chi connectivity index (χ1) is 12.2. The maximum atomic E-state index is 12.4. The molecule has 0 unspecified atom stereocenters. The van der Waals surface area contributed by atoms with E-state index in [-0.39, 0.29) is 11.8 Å². The summed E-state index contributed by atoms with van der Waals surface area (Å²) < 4.78 is 5.26. The number of aromatic nitrogens is 1. The summed E-state index contributed by atoms with van der Waals surface area (Å²) in [6.45, 7) is 1.20. The number of nitrogens with one attached hydrogen (secondary N) is 1. The zero-order valence-corrected chi connectivity index (χ0v) is 14.1. The quantitative estimate of drug-likeness (QED) is 0.929. The first-order valence-electron chi connectivity index (χ1n) is 8.87. The Hall–Kier alpha value is -2.63. The first-order valence-corrected chi connectivity index (χ1v) is 8.87. The predicted molar refractivity (Wildman–Crippen MR) is 92.3 cm³/mol. The van der Waals surface area contributed by atoms with Crippen LogP contribution in [0.25, 0.3) is 0 Å². The van der Waals surface area contributed by atoms with Gasteiger partial charge in [0.25, 0.3) is 5.91 Å². The summed E-state index contributed by atoms with van der Waals surface area (Å²) in [5.41, 5.74) is 3.79. The average Bonchev–Trinajstić information content (AvgIpc) is 3.26. The molecule has 1 fully saturated rings. The highest BCUT2D eigenvalue weighted by Crippen LogP contribution is 2.24. The van der Waals surface area contributed by atoms with E-state index in [1.165, 1.54) is 0 Å². The summed E-state index contributed by atoms with van der Waals surface area (Å²) >= 11 is 0. The van der Waals surface area contributed by atoms with Crippen LogP contribution in [-0.2, 0) is 24.2 Å². The molecule has 2 amide bonds. The standard InChI is InChI=1S/C19H21N3O3/c23-17-6-3-11-22(17)14-9-7-13(8-10-14)12-20-19(24)18-15-4-1-2-5-16(15)21-25-18/h7-10H,1-6,11-12H2,(H,20,24). The lowest BCUT2D eigenvalue weighted by Crippen LogP contribution is -2.25. The summed E-state index contributed by atoms with van der Waals surface area (Å²) in [6.07, 6.45) is 5.47. The minimum atomic E-state index is -0.213. The van der Waals surface area contributed by atoms with Crippen molar-refractivity contribution in [1.82, 2.24) is 10.5 Å². The molecule has 1 aromatic carbocycles. The van der Waals surface area contributed by atoms with Crippen LogP contribution in [0.15, 0.2) is 28.8 Å². The van der Waals surface area contributed by atoms with Crippen LogP contribution in [0.4, 0.5) is 5.69 Å². The van der Waals surface area contributed by atoms with E-state index >= 15 is 0 Å². The summed E-state index contributed by atoms with van der Waals surface area (Å²) in [6, 6.07) is 7.75. The van der Waals surface area contributed by atoms with Crippen molar-refractivity contribution in [1.29, 1.82) is 0 Å². The van der Waals surface area contributed by atoms with Crippen LogP contribution in [0.1, 0.15) is 53.1 Å². The van der Waals surface area contributed by atoms with Gasteiger partial charge in [-0.2, -0.15) is 0 Å². The first kappa shape index (κ1) is 15.9. The van der Waals surface area contributed by atoms with Gasteiger partial charge in [0.2, 0.25) is 11.7 Å². The van der Waals surface area contributed by atoms with E-state index in [9.17, 15) is 9.59 Å². The smallest absolute Gasteiger partial charge is 0.290 e. The van der Waals surface area contributed by atoms with Crippen molar-refractivity contribution in [2.24, 2.45) is 0 Å². The third kappa shape index (κ3) is 3.16. The number of hydrogen-bond donors (Lipinski definition) is 1. The molecule has 2 aromatic rings. The molecule has 4 rings (SSSR count). The van der Waals surface area contributed by atoms with Crippen molar-refractivity contribution < 1.29 is 14.1 Å². The van der Waals surface area contributed by atoms with E-state index in [4.69, 9.17) is 4.52 Å². The van der Waals surface area contributed by atoms with Crippen molar-refractivity contribution in [2.75, 3.05) is 11.4 Å². The molecule has 2 heterocycles. The minimum absolute atomic E-state index is 0.177. The fraction of sp³-hybridized carbons (Fsp3) is 0.421. The van der Waals surface area contributed by atoms with Gasteiger partial charge in [0.1, 0.15) is 0 Å². The Morgan fingerprint density at radius 1 is 1.12 bits per heavy atom. The summed E-state index contributed by atoms with van der Waals surface area (Å²) in [4.78, 5) is 26.0. The Bertz CT molecular complexity index is 795. The van der Waals surface area contributed by atoms with E-state index in [0.717, 1.165) is 61.2 Å². The molecule has 1 aromatic heterocycles. The van der Waals surface area contributed by atoms with Gasteiger partial charge in [0, 0.05) is 30.8 Å². The van der Waals surface area contributed by atoms with Crippen molar-refractivity contribution in [2.45, 2.75) is 45.1 Å². The number of benzene rings is 1. The van der Waals surface area contributed by atoms with E-state index in [0.29, 0.717) is 18.7 Å². The lowest BCUT2D eigenvalue weighted by molar-refractivity contribution is -0.117. The zero-order valence-electron chi connectivity index (χ0n) is 14.1. The molecule has 0 radical (unpaired) electrons. The number of carbonyl (C=O) groups is 2. The number of amides is 2. The number of aryl methyl sites for hydroxylation is 1. The van der Waals surface area contributed by atoms with Crippen molar-refractivity contribution in [3.63, 3.8) is 0 Å². The molecule has 0 atom stereocenters. The van der Waals surface area contributed by atoms with Gasteiger partial charge in [-0.15, -0.1) is 0 Å². The highest BCUT2D eigenvalue weighted by Gasteiger charge is 2.24. The van der Waals surface area contributed by atoms with Gasteiger partial charge < -0.3 is 14.7 Å². The molecule has 6 heteroatoms. The number of nitrogens with zero attached hydrogens (tertiary/aromatic N) is 2. The fourth-order valence-electron chi connectivity index (χ4n) is 3.55. The van der Waals surface area contributed by atoms with Gasteiger partial charge >= 0.3 is 0 Å². The molecule has 130 valence electrons. The lowest BCUT2D eigenvalue weighted by Gasteiger charge is -2.16. The number of anilines is 1. The second-order valence-corrected chi connectivity index (χ2v) is 6.64. The highest BCUT2D eigenvalue weighted by molar-refractivity contribution is 5.95. The fourth-order valence-corrected chi connectivity index (χ4v) is 3.55. The molecule has 0 spiro atoms. The molecule has 1 saturated heterocycles. The topological polar surface area (TPSA) is 75.4 Å². The second-order valence-electron chi connectivity index (χ2n) is 6.64. The third-order valence-corrected chi connectivity index (χ3v) is 4.94. The third-order valence-electron chi connectivity index (χ3n) is 4.94. The van der Waals surface area contributed by atoms with Crippen LogP contribution in [0.5, 0.6) is 0 Å². The van der Waals surface area contributed by atoms with Gasteiger partial charge in [-0.3, -0.25) is 9.59 Å². The van der Waals surface area contributed by atoms with Crippen LogP contribution < -0.4 is 10.2 Å². The predicted octanol–water partition coefficient (Wildman–Crippen LogP) is 2.61. The van der Waals surface area contributed by atoms with Crippen LogP contribution in [-0.4, -0.2) is 23.5 Å². The molecule has 2 aliphatic rings. The molecule has 0 bridgehead atoms. The number of rotatable bonds is 4. The van der Waals surface area contributed by atoms with Crippen molar-refractivity contribution in [3.05, 3.63) is 46.8 Å². The normalized spacial score (nSPS) is 16.8. The molecule has 1 aliphatic carbocycles. The van der Waals surface area contributed by atoms with E-state index in [1.54, 1.807) is 0 Å². The zero-order chi connectivity index (χ0) is 17.2. The van der Waals surface area contributed by atoms with E-state index in [1.807, 2.05) is 29.2 Å². The largest absolute Gasteiger partial charge is 0.350 e. The second kappa shape index (κ2) is 6.70. The molecule has 0 saturated carbocycles. The SMILES string of the molecule is O=C(NCc1ccc(N2CCCC2=O)cc1)c1onc2c1CCCC2. The van der Waals surface area contributed by atoms with Gasteiger partial charge in [-0.05, 0) is 49.8 Å². The Morgan fingerprint density at radius 2 is 1.92 bits per heavy atom. The molecular formula is C19H21N3O3. The summed E-state index contributed by atoms with van der Waals surface area (Å²) in [5, 5.41) is 6.92. The Balaban J connectivity index is 1.39. The summed E-state index contributed by atoms with van der Waals surface area (Å²) in [5.74, 6) is 0.319. The van der Waals surface area contributed by atoms with Gasteiger partial charge in [-0.25, -0.2) is 0 Å². The maximum Gasteiger partial charge on any atom is 0.290 e. The number of carbonyl (C=O) groups excluding carboxylic acids is 2. The Morgan fingerprint density at radius 3 is 2.68 bits per heavy atom. The minimum Gasteiger partial charge on any atom is -0.350 e. The lowest BCUT2D eigenvalue weighted by atomic mass is 9.96. The van der Waals surface area contributed by atoms with Gasteiger partial charge in [-0.1, -0.05) is 17.3 Å². The Labute approximate surface area is 146 Å². The molecule has 1 aliphatic heterocycles. The van der Waals surface area contributed by atoms with Crippen molar-refractivity contribution in [3.8, 4) is 0 Å². The molecule has 25 heavy (non-hydrogen) atoms. The molecule has 6 nitrogen and oxygen atoms in total. The highest BCUT2D eigenvalue weighted by atomic mass is 16.5. The van der Waals surface area contributed by atoms with E-state index in [2.05, 4.69) is 10.5 Å². The van der Waals surface area contributed by atoms with Gasteiger partial charge in [0.05, 0.1) is 5.69 Å². The van der Waals surface area contributed by atoms with Crippen LogP contribution in [0.2, 0.25) is 0 Å². The Kier molecular flexibility index (Phi) is 4.26. The molecule has 1 N–H and O–H groups in total. The van der Waals surface area contributed by atoms with Gasteiger partial charge in [0.15, 0.2) is 0 Å². The van der Waals surface area contributed by atoms with Crippen molar-refractivity contribution >= 4 is 17.5 Å². The van der Waals surface area contributed by atoms with Crippen LogP contribution in [0, 0.1) is 0 Å². The van der Waals surface area contributed by atoms with Crippen LogP contribution in [0.3, 0.4) is 0 Å². The monoisotopic (exact) mass is 339 g/mol. The van der Waals surface area contributed by atoms with E-state index < -0.39 is 0 Å².